The number of hydrogen-bond acceptors (Lipinski definition) is 6. The summed E-state index contributed by atoms with van der Waals surface area (Å²) in [6.45, 7) is 0.750. The second-order valence-corrected chi connectivity index (χ2v) is 7.54. The summed E-state index contributed by atoms with van der Waals surface area (Å²) in [5, 5.41) is 3.42. The van der Waals surface area contributed by atoms with Crippen LogP contribution in [0.2, 0.25) is 0 Å². The molecule has 0 fully saturated rings. The molecule has 0 unspecified atom stereocenters. The Bertz CT molecular complexity index is 1020. The number of pyridine rings is 2. The Labute approximate surface area is 176 Å². The zero-order valence-corrected chi connectivity index (χ0v) is 17.3. The van der Waals surface area contributed by atoms with Crippen LogP contribution in [-0.4, -0.2) is 36.6 Å². The Hall–Kier alpha value is -3.41. The Morgan fingerprint density at radius 1 is 1.17 bits per heavy atom. The van der Waals surface area contributed by atoms with E-state index in [1.807, 2.05) is 12.3 Å². The number of ether oxygens (including phenoxy) is 1. The second-order valence-electron chi connectivity index (χ2n) is 7.54. The first-order valence-corrected chi connectivity index (χ1v) is 10.2. The van der Waals surface area contributed by atoms with Crippen LogP contribution in [0.15, 0.2) is 61.2 Å². The fourth-order valence-corrected chi connectivity index (χ4v) is 4.08. The maximum Gasteiger partial charge on any atom is 0.340 e. The molecule has 2 heterocycles. The van der Waals surface area contributed by atoms with E-state index >= 15 is 0 Å². The summed E-state index contributed by atoms with van der Waals surface area (Å²) < 4.78 is 4.88. The molecule has 3 aromatic rings. The summed E-state index contributed by atoms with van der Waals surface area (Å²) in [6, 6.07) is 12.4. The summed E-state index contributed by atoms with van der Waals surface area (Å²) in [5.74, 6) is 0.0317. The number of esters is 1. The molecule has 1 atom stereocenters. The third-order valence-electron chi connectivity index (χ3n) is 5.75. The normalized spacial score (nSPS) is 15.2. The quantitative estimate of drug-likeness (QED) is 0.610. The summed E-state index contributed by atoms with van der Waals surface area (Å²) in [5.41, 5.74) is 6.22. The molecule has 30 heavy (non-hydrogen) atoms. The Kier molecular flexibility index (Phi) is 5.93. The van der Waals surface area contributed by atoms with Crippen molar-refractivity contribution in [3.8, 4) is 0 Å². The molecule has 1 aromatic carbocycles. The van der Waals surface area contributed by atoms with Crippen LogP contribution in [0.5, 0.6) is 0 Å². The summed E-state index contributed by atoms with van der Waals surface area (Å²) in [4.78, 5) is 22.5. The van der Waals surface area contributed by atoms with Crippen molar-refractivity contribution in [2.24, 2.45) is 0 Å². The van der Waals surface area contributed by atoms with E-state index in [0.717, 1.165) is 37.2 Å². The Morgan fingerprint density at radius 3 is 2.83 bits per heavy atom. The van der Waals surface area contributed by atoms with Gasteiger partial charge in [0.15, 0.2) is 0 Å². The number of fused-ring (bicyclic) bond motifs is 1. The smallest absolute Gasteiger partial charge is 0.340 e. The maximum atomic E-state index is 12.0. The zero-order chi connectivity index (χ0) is 20.9. The highest BCUT2D eigenvalue weighted by Gasteiger charge is 2.22. The molecule has 2 aromatic heterocycles. The predicted molar refractivity (Wildman–Crippen MR) is 118 cm³/mol. The lowest BCUT2D eigenvalue weighted by Gasteiger charge is -2.28. The number of benzene rings is 1. The number of aromatic nitrogens is 2. The number of anilines is 3. The van der Waals surface area contributed by atoms with Gasteiger partial charge in [0.2, 0.25) is 0 Å². The van der Waals surface area contributed by atoms with Gasteiger partial charge in [-0.1, -0.05) is 6.07 Å². The number of rotatable bonds is 6. The molecule has 1 N–H and O–H groups in total. The minimum atomic E-state index is -0.355. The number of aryl methyl sites for hydroxylation is 1. The van der Waals surface area contributed by atoms with Crippen LogP contribution in [-0.2, 0) is 11.2 Å². The van der Waals surface area contributed by atoms with Crippen LogP contribution in [0, 0.1) is 0 Å². The van der Waals surface area contributed by atoms with E-state index in [0.29, 0.717) is 17.2 Å². The first kappa shape index (κ1) is 19.9. The van der Waals surface area contributed by atoms with Crippen molar-refractivity contribution >= 4 is 23.0 Å². The van der Waals surface area contributed by atoms with Gasteiger partial charge >= 0.3 is 5.97 Å². The van der Waals surface area contributed by atoms with Gasteiger partial charge < -0.3 is 15.0 Å². The fraction of sp³-hybridized carbons (Fsp3) is 0.292. The largest absolute Gasteiger partial charge is 0.465 e. The molecule has 6 heteroatoms. The minimum Gasteiger partial charge on any atom is -0.465 e. The van der Waals surface area contributed by atoms with E-state index in [1.165, 1.54) is 18.2 Å². The summed E-state index contributed by atoms with van der Waals surface area (Å²) >= 11 is 0. The molecule has 4 rings (SSSR count). The zero-order valence-electron chi connectivity index (χ0n) is 17.3. The van der Waals surface area contributed by atoms with Gasteiger partial charge in [0.1, 0.15) is 0 Å². The maximum absolute atomic E-state index is 12.0. The van der Waals surface area contributed by atoms with Crippen molar-refractivity contribution in [3.05, 3.63) is 77.9 Å². The van der Waals surface area contributed by atoms with Gasteiger partial charge in [-0.2, -0.15) is 0 Å². The Morgan fingerprint density at radius 2 is 2.03 bits per heavy atom. The van der Waals surface area contributed by atoms with Gasteiger partial charge in [-0.15, -0.1) is 0 Å². The highest BCUT2D eigenvalue weighted by molar-refractivity contribution is 5.95. The van der Waals surface area contributed by atoms with Gasteiger partial charge in [-0.05, 0) is 60.7 Å². The minimum absolute atomic E-state index is 0.355. The lowest BCUT2D eigenvalue weighted by Crippen LogP contribution is -2.20. The first-order valence-electron chi connectivity index (χ1n) is 10.2. The second kappa shape index (κ2) is 8.95. The van der Waals surface area contributed by atoms with E-state index in [-0.39, 0.29) is 5.97 Å². The van der Waals surface area contributed by atoms with E-state index in [2.05, 4.69) is 51.5 Å². The van der Waals surface area contributed by atoms with Crippen LogP contribution in [0.3, 0.4) is 0 Å². The van der Waals surface area contributed by atoms with Crippen LogP contribution in [0.4, 0.5) is 17.1 Å². The molecule has 0 radical (unpaired) electrons. The van der Waals surface area contributed by atoms with E-state index in [9.17, 15) is 4.79 Å². The number of nitrogens with one attached hydrogen (secondary N) is 1. The molecule has 154 valence electrons. The summed E-state index contributed by atoms with van der Waals surface area (Å²) in [6.07, 6.45) is 10.3. The SMILES string of the molecule is COC(=O)c1ccncc1NC[C@@H]1CCCc2cc(N(C)c3cccnc3)ccc21. The van der Waals surface area contributed by atoms with Crippen LogP contribution in [0.25, 0.3) is 0 Å². The standard InChI is InChI=1S/C24H26N4O2/c1-28(20-7-4-11-25-15-20)19-8-9-21-17(13-19)5-3-6-18(21)14-27-23-16-26-12-10-22(23)24(29)30-2/h4,7-13,15-16,18,27H,3,5-6,14H2,1-2H3/t18-/m0/s1. The Balaban J connectivity index is 1.52. The predicted octanol–water partition coefficient (Wildman–Crippen LogP) is 4.56. The third-order valence-corrected chi connectivity index (χ3v) is 5.75. The molecule has 1 aliphatic carbocycles. The van der Waals surface area contributed by atoms with E-state index in [1.54, 1.807) is 24.7 Å². The van der Waals surface area contributed by atoms with Crippen molar-refractivity contribution in [2.45, 2.75) is 25.2 Å². The average Bonchev–Trinajstić information content (AvgIpc) is 2.82. The molecule has 0 aliphatic heterocycles. The molecule has 1 aliphatic rings. The summed E-state index contributed by atoms with van der Waals surface area (Å²) in [7, 11) is 3.46. The first-order chi connectivity index (χ1) is 14.7. The van der Waals surface area contributed by atoms with Gasteiger partial charge in [0, 0.05) is 37.6 Å². The number of hydrogen-bond donors (Lipinski definition) is 1. The van der Waals surface area contributed by atoms with Gasteiger partial charge in [0.25, 0.3) is 0 Å². The number of methoxy groups -OCH3 is 1. The van der Waals surface area contributed by atoms with Gasteiger partial charge in [0.05, 0.1) is 36.4 Å². The van der Waals surface area contributed by atoms with Crippen LogP contribution >= 0.6 is 0 Å². The lowest BCUT2D eigenvalue weighted by molar-refractivity contribution is 0.0601. The van der Waals surface area contributed by atoms with Crippen molar-refractivity contribution in [1.82, 2.24) is 9.97 Å². The monoisotopic (exact) mass is 402 g/mol. The van der Waals surface area contributed by atoms with Crippen molar-refractivity contribution in [1.29, 1.82) is 0 Å². The number of nitrogens with zero attached hydrogens (tertiary/aromatic N) is 3. The van der Waals surface area contributed by atoms with Gasteiger partial charge in [-0.3, -0.25) is 9.97 Å². The molecule has 0 amide bonds. The highest BCUT2D eigenvalue weighted by atomic mass is 16.5. The average molecular weight is 402 g/mol. The fourth-order valence-electron chi connectivity index (χ4n) is 4.08. The topological polar surface area (TPSA) is 67.3 Å². The van der Waals surface area contributed by atoms with Crippen molar-refractivity contribution in [3.63, 3.8) is 0 Å². The third kappa shape index (κ3) is 4.13. The van der Waals surface area contributed by atoms with Crippen molar-refractivity contribution < 1.29 is 9.53 Å². The molecule has 0 saturated carbocycles. The number of carbonyl (C=O) groups excluding carboxylic acids is 1. The van der Waals surface area contributed by atoms with Crippen LogP contribution < -0.4 is 10.2 Å². The molecule has 0 saturated heterocycles. The van der Waals surface area contributed by atoms with Crippen molar-refractivity contribution in [2.75, 3.05) is 30.9 Å². The van der Waals surface area contributed by atoms with E-state index < -0.39 is 0 Å². The van der Waals surface area contributed by atoms with Gasteiger partial charge in [-0.25, -0.2) is 4.79 Å². The molecule has 0 bridgehead atoms. The molecular formula is C24H26N4O2. The molecule has 6 nitrogen and oxygen atoms in total. The highest BCUT2D eigenvalue weighted by Crippen LogP contribution is 2.35. The lowest BCUT2D eigenvalue weighted by atomic mass is 9.82. The number of carbonyl (C=O) groups is 1. The molecule has 0 spiro atoms. The van der Waals surface area contributed by atoms with E-state index in [4.69, 9.17) is 4.74 Å². The van der Waals surface area contributed by atoms with Crippen LogP contribution in [0.1, 0.15) is 40.2 Å². The molecular weight excluding hydrogens is 376 g/mol.